The first-order valence-electron chi connectivity index (χ1n) is 2.57. The van der Waals surface area contributed by atoms with Crippen molar-refractivity contribution in [2.75, 3.05) is 0 Å². The number of nitrogens with zero attached hydrogens (tertiary/aromatic N) is 1. The molecule has 1 heterocycles. The van der Waals surface area contributed by atoms with Gasteiger partial charge in [0.2, 0.25) is 0 Å². The number of pyridine rings is 1. The van der Waals surface area contributed by atoms with Gasteiger partial charge in [-0.15, -0.1) is 11.7 Å². The van der Waals surface area contributed by atoms with E-state index in [2.05, 4.69) is 16.6 Å². The Morgan fingerprint density at radius 1 is 1.67 bits per heavy atom. The molecule has 0 aliphatic rings. The molecule has 0 N–H and O–H groups in total. The lowest BCUT2D eigenvalue weighted by Crippen LogP contribution is -1.76. The fourth-order valence-electron chi connectivity index (χ4n) is 0.558. The molecule has 3 heteroatoms. The van der Waals surface area contributed by atoms with Crippen LogP contribution in [-0.2, 0) is 0 Å². The fraction of sp³-hybridized carbons (Fsp3) is 0.167. The second-order valence-corrected chi connectivity index (χ2v) is 2.91. The lowest BCUT2D eigenvalue weighted by Gasteiger charge is -1.92. The van der Waals surface area contributed by atoms with Gasteiger partial charge in [-0.25, -0.2) is 4.98 Å². The lowest BCUT2D eigenvalue weighted by molar-refractivity contribution is 1.12. The van der Waals surface area contributed by atoms with Crippen molar-refractivity contribution >= 4 is 22.5 Å². The van der Waals surface area contributed by atoms with Crippen LogP contribution in [-0.4, -0.2) is 4.98 Å². The molecule has 0 aromatic carbocycles. The van der Waals surface area contributed by atoms with Gasteiger partial charge in [-0.2, -0.15) is 0 Å². The van der Waals surface area contributed by atoms with Crippen LogP contribution < -0.4 is 0 Å². The zero-order chi connectivity index (χ0) is 6.69. The Morgan fingerprint density at radius 3 is 2.89 bits per heavy atom. The molecule has 1 aromatic heterocycles. The van der Waals surface area contributed by atoms with E-state index < -0.39 is 0 Å². The van der Waals surface area contributed by atoms with Crippen molar-refractivity contribution in [1.29, 1.82) is 0 Å². The molecular formula is C6H7NS2. The summed E-state index contributed by atoms with van der Waals surface area (Å²) >= 11 is 4.01. The third-order valence-corrected chi connectivity index (χ3v) is 1.96. The van der Waals surface area contributed by atoms with Gasteiger partial charge in [0.15, 0.2) is 0 Å². The molecule has 48 valence electrons. The SMILES string of the molecule is Cc1ccnc(SS)c1. The predicted octanol–water partition coefficient (Wildman–Crippen LogP) is 2.33. The number of thiol groups is 1. The number of aryl methyl sites for hydroxylation is 1. The van der Waals surface area contributed by atoms with Crippen LogP contribution in [0, 0.1) is 6.92 Å². The molecule has 1 rings (SSSR count). The van der Waals surface area contributed by atoms with Gasteiger partial charge < -0.3 is 0 Å². The standard InChI is InChI=1S/C6H7NS2/c1-5-2-3-7-6(4-5)9-8/h2-4,8H,1H3. The van der Waals surface area contributed by atoms with E-state index in [1.807, 2.05) is 19.1 Å². The zero-order valence-electron chi connectivity index (χ0n) is 5.03. The van der Waals surface area contributed by atoms with Crippen molar-refractivity contribution in [1.82, 2.24) is 4.98 Å². The van der Waals surface area contributed by atoms with Crippen LogP contribution in [0.4, 0.5) is 0 Å². The average molecular weight is 157 g/mol. The van der Waals surface area contributed by atoms with Gasteiger partial charge in [0.1, 0.15) is 5.03 Å². The number of hydrogen-bond acceptors (Lipinski definition) is 3. The predicted molar refractivity (Wildman–Crippen MR) is 43.8 cm³/mol. The van der Waals surface area contributed by atoms with Crippen LogP contribution in [0.15, 0.2) is 23.4 Å². The highest BCUT2D eigenvalue weighted by Gasteiger charge is 1.88. The van der Waals surface area contributed by atoms with Gasteiger partial charge in [-0.3, -0.25) is 0 Å². The Hall–Kier alpha value is -0.150. The van der Waals surface area contributed by atoms with Crippen molar-refractivity contribution in [2.45, 2.75) is 11.9 Å². The Kier molecular flexibility index (Phi) is 2.42. The summed E-state index contributed by atoms with van der Waals surface area (Å²) in [6.07, 6.45) is 1.79. The van der Waals surface area contributed by atoms with Crippen LogP contribution in [0.3, 0.4) is 0 Å². The molecule has 0 atom stereocenters. The molecule has 0 unspecified atom stereocenters. The maximum absolute atomic E-state index is 4.04. The fourth-order valence-corrected chi connectivity index (χ4v) is 1.20. The first-order chi connectivity index (χ1) is 4.33. The summed E-state index contributed by atoms with van der Waals surface area (Å²) in [6, 6.07) is 3.96. The first kappa shape index (κ1) is 6.96. The normalized spacial score (nSPS) is 9.56. The van der Waals surface area contributed by atoms with E-state index in [0.29, 0.717) is 0 Å². The minimum Gasteiger partial charge on any atom is -0.249 e. The quantitative estimate of drug-likeness (QED) is 0.496. The molecule has 0 aliphatic carbocycles. The molecule has 1 aromatic rings. The molecule has 0 fully saturated rings. The molecule has 0 saturated carbocycles. The van der Waals surface area contributed by atoms with Gasteiger partial charge >= 0.3 is 0 Å². The van der Waals surface area contributed by atoms with Gasteiger partial charge in [0, 0.05) is 6.20 Å². The molecule has 0 spiro atoms. The highest BCUT2D eigenvalue weighted by Crippen LogP contribution is 2.18. The Labute approximate surface area is 63.7 Å². The van der Waals surface area contributed by atoms with E-state index in [-0.39, 0.29) is 0 Å². The Morgan fingerprint density at radius 2 is 2.44 bits per heavy atom. The molecule has 0 amide bonds. The highest BCUT2D eigenvalue weighted by atomic mass is 33.1. The van der Waals surface area contributed by atoms with E-state index in [0.717, 1.165) is 5.03 Å². The van der Waals surface area contributed by atoms with Crippen molar-refractivity contribution in [3.8, 4) is 0 Å². The summed E-state index contributed by atoms with van der Waals surface area (Å²) in [7, 11) is 1.37. The largest absolute Gasteiger partial charge is 0.249 e. The number of aromatic nitrogens is 1. The average Bonchev–Trinajstić information content (AvgIpc) is 1.88. The highest BCUT2D eigenvalue weighted by molar-refractivity contribution is 8.68. The zero-order valence-corrected chi connectivity index (χ0v) is 6.75. The van der Waals surface area contributed by atoms with Crippen LogP contribution in [0.1, 0.15) is 5.56 Å². The lowest BCUT2D eigenvalue weighted by atomic mass is 10.3. The molecule has 9 heavy (non-hydrogen) atoms. The summed E-state index contributed by atoms with van der Waals surface area (Å²) in [5, 5.41) is 0.957. The van der Waals surface area contributed by atoms with Crippen LogP contribution in [0.2, 0.25) is 0 Å². The maximum atomic E-state index is 4.04. The molecule has 0 aliphatic heterocycles. The van der Waals surface area contributed by atoms with Crippen LogP contribution in [0.5, 0.6) is 0 Å². The maximum Gasteiger partial charge on any atom is 0.106 e. The van der Waals surface area contributed by atoms with Crippen molar-refractivity contribution < 1.29 is 0 Å². The summed E-state index contributed by atoms with van der Waals surface area (Å²) in [5.74, 6) is 0. The van der Waals surface area contributed by atoms with E-state index in [9.17, 15) is 0 Å². The van der Waals surface area contributed by atoms with Gasteiger partial charge in [-0.05, 0) is 35.4 Å². The molecule has 1 nitrogen and oxygen atoms in total. The molecule has 0 bridgehead atoms. The third kappa shape index (κ3) is 1.91. The Balaban J connectivity index is 2.94. The number of hydrogen-bond donors (Lipinski definition) is 1. The van der Waals surface area contributed by atoms with Crippen LogP contribution in [0.25, 0.3) is 0 Å². The second-order valence-electron chi connectivity index (χ2n) is 1.76. The van der Waals surface area contributed by atoms with E-state index in [1.165, 1.54) is 16.4 Å². The van der Waals surface area contributed by atoms with E-state index >= 15 is 0 Å². The van der Waals surface area contributed by atoms with Gasteiger partial charge in [0.05, 0.1) is 0 Å². The Bertz CT molecular complexity index is 200. The van der Waals surface area contributed by atoms with Crippen molar-refractivity contribution in [2.24, 2.45) is 0 Å². The second kappa shape index (κ2) is 3.13. The van der Waals surface area contributed by atoms with Crippen molar-refractivity contribution in [3.63, 3.8) is 0 Å². The smallest absolute Gasteiger partial charge is 0.106 e. The van der Waals surface area contributed by atoms with Gasteiger partial charge in [0.25, 0.3) is 0 Å². The summed E-state index contributed by atoms with van der Waals surface area (Å²) < 4.78 is 0. The molecule has 0 saturated heterocycles. The summed E-state index contributed by atoms with van der Waals surface area (Å²) in [6.45, 7) is 2.04. The monoisotopic (exact) mass is 157 g/mol. The molecular weight excluding hydrogens is 150 g/mol. The van der Waals surface area contributed by atoms with E-state index in [4.69, 9.17) is 0 Å². The third-order valence-electron chi connectivity index (χ3n) is 0.984. The van der Waals surface area contributed by atoms with Crippen LogP contribution >= 0.6 is 22.5 Å². The van der Waals surface area contributed by atoms with E-state index in [1.54, 1.807) is 6.20 Å². The topological polar surface area (TPSA) is 12.9 Å². The first-order valence-corrected chi connectivity index (χ1v) is 4.44. The minimum absolute atomic E-state index is 0.957. The molecule has 0 radical (unpaired) electrons. The summed E-state index contributed by atoms with van der Waals surface area (Å²) in [4.78, 5) is 4.04. The summed E-state index contributed by atoms with van der Waals surface area (Å²) in [5.41, 5.74) is 1.22. The number of rotatable bonds is 1. The van der Waals surface area contributed by atoms with Crippen molar-refractivity contribution in [3.05, 3.63) is 23.9 Å². The van der Waals surface area contributed by atoms with Gasteiger partial charge in [-0.1, -0.05) is 0 Å². The minimum atomic E-state index is 0.957.